The van der Waals surface area contributed by atoms with Gasteiger partial charge in [-0.25, -0.2) is 0 Å². The number of hydrogen-bond donors (Lipinski definition) is 2. The van der Waals surface area contributed by atoms with E-state index in [-0.39, 0.29) is 6.79 Å². The van der Waals surface area contributed by atoms with Crippen molar-refractivity contribution in [2.45, 2.75) is 31.9 Å². The molecule has 0 fully saturated rings. The lowest BCUT2D eigenvalue weighted by atomic mass is 9.99. The Bertz CT molecular complexity index is 411. The van der Waals surface area contributed by atoms with Crippen molar-refractivity contribution >= 4 is 11.6 Å². The molecule has 0 spiro atoms. The Hall–Kier alpha value is -0.970. The van der Waals surface area contributed by atoms with E-state index in [0.717, 1.165) is 6.42 Å². The van der Waals surface area contributed by atoms with Gasteiger partial charge in [0.2, 0.25) is 6.79 Å². The van der Waals surface area contributed by atoms with E-state index >= 15 is 0 Å². The zero-order valence-electron chi connectivity index (χ0n) is 9.65. The zero-order valence-corrected chi connectivity index (χ0v) is 10.4. The minimum absolute atomic E-state index is 0.196. The summed E-state index contributed by atoms with van der Waals surface area (Å²) < 4.78 is 10.5. The third-order valence-corrected chi connectivity index (χ3v) is 3.18. The third-order valence-electron chi connectivity index (χ3n) is 2.85. The van der Waals surface area contributed by atoms with Gasteiger partial charge in [-0.05, 0) is 18.1 Å². The van der Waals surface area contributed by atoms with Crippen LogP contribution in [-0.2, 0) is 0 Å². The van der Waals surface area contributed by atoms with Crippen LogP contribution in [0.2, 0.25) is 5.02 Å². The Morgan fingerprint density at radius 3 is 2.71 bits per heavy atom. The molecule has 5 heteroatoms. The normalized spacial score (nSPS) is 16.9. The molecule has 1 aromatic rings. The Morgan fingerprint density at radius 2 is 2.06 bits per heavy atom. The van der Waals surface area contributed by atoms with E-state index in [1.54, 1.807) is 12.1 Å². The third kappa shape index (κ3) is 2.49. The average molecular weight is 258 g/mol. The van der Waals surface area contributed by atoms with Crippen molar-refractivity contribution in [3.63, 3.8) is 0 Å². The summed E-state index contributed by atoms with van der Waals surface area (Å²) in [6.07, 6.45) is 0.918. The van der Waals surface area contributed by atoms with Gasteiger partial charge < -0.3 is 20.3 Å². The molecule has 0 amide bonds. The molecule has 94 valence electrons. The zero-order chi connectivity index (χ0) is 12.4. The molecule has 3 N–H and O–H groups in total. The molecule has 0 aromatic heterocycles. The summed E-state index contributed by atoms with van der Waals surface area (Å²) in [6, 6.07) is 2.92. The summed E-state index contributed by atoms with van der Waals surface area (Å²) in [5.41, 5.74) is 6.68. The Morgan fingerprint density at radius 1 is 1.41 bits per heavy atom. The maximum Gasteiger partial charge on any atom is 0.231 e. The highest BCUT2D eigenvalue weighted by atomic mass is 35.5. The predicted molar refractivity (Wildman–Crippen MR) is 65.4 cm³/mol. The molecule has 1 aliphatic heterocycles. The van der Waals surface area contributed by atoms with Gasteiger partial charge in [-0.15, -0.1) is 0 Å². The van der Waals surface area contributed by atoms with Crippen LogP contribution in [0.1, 0.15) is 31.4 Å². The first-order valence-corrected chi connectivity index (χ1v) is 6.04. The molecule has 1 aliphatic rings. The predicted octanol–water partition coefficient (Wildman–Crippen LogP) is 2.23. The second kappa shape index (κ2) is 5.12. The summed E-state index contributed by atoms with van der Waals surface area (Å²) in [7, 11) is 0. The maximum atomic E-state index is 9.89. The van der Waals surface area contributed by atoms with Gasteiger partial charge in [-0.3, -0.25) is 0 Å². The van der Waals surface area contributed by atoms with Gasteiger partial charge in [0.1, 0.15) is 0 Å². The van der Waals surface area contributed by atoms with Gasteiger partial charge >= 0.3 is 0 Å². The second-order valence-electron chi connectivity index (χ2n) is 4.11. The Kier molecular flexibility index (Phi) is 3.76. The minimum Gasteiger partial charge on any atom is -0.454 e. The van der Waals surface area contributed by atoms with Crippen molar-refractivity contribution in [2.24, 2.45) is 5.73 Å². The Balaban J connectivity index is 2.26. The van der Waals surface area contributed by atoms with Gasteiger partial charge in [0.15, 0.2) is 11.5 Å². The number of fused-ring (bicyclic) bond motifs is 1. The number of aliphatic hydroxyl groups excluding tert-OH is 1. The van der Waals surface area contributed by atoms with Crippen LogP contribution < -0.4 is 15.2 Å². The van der Waals surface area contributed by atoms with Crippen molar-refractivity contribution in [3.05, 3.63) is 22.7 Å². The number of hydrogen-bond acceptors (Lipinski definition) is 4. The van der Waals surface area contributed by atoms with Gasteiger partial charge in [-0.1, -0.05) is 24.9 Å². The van der Waals surface area contributed by atoms with E-state index in [1.807, 2.05) is 6.92 Å². The molecule has 2 atom stereocenters. The van der Waals surface area contributed by atoms with E-state index in [4.69, 9.17) is 26.8 Å². The second-order valence-corrected chi connectivity index (χ2v) is 4.52. The first-order chi connectivity index (χ1) is 8.13. The number of aliphatic hydroxyl groups is 1. The molecular formula is C12H16ClNO3. The van der Waals surface area contributed by atoms with Crippen molar-refractivity contribution in [3.8, 4) is 11.5 Å². The maximum absolute atomic E-state index is 9.89. The highest BCUT2D eigenvalue weighted by Crippen LogP contribution is 2.39. The summed E-state index contributed by atoms with van der Waals surface area (Å²) >= 11 is 6.12. The van der Waals surface area contributed by atoms with Gasteiger partial charge in [0, 0.05) is 11.1 Å². The van der Waals surface area contributed by atoms with Gasteiger partial charge in [-0.2, -0.15) is 0 Å². The molecule has 0 saturated heterocycles. The highest BCUT2D eigenvalue weighted by Gasteiger charge is 2.23. The fourth-order valence-corrected chi connectivity index (χ4v) is 2.15. The monoisotopic (exact) mass is 257 g/mol. The lowest BCUT2D eigenvalue weighted by Gasteiger charge is -2.20. The summed E-state index contributed by atoms with van der Waals surface area (Å²) in [5, 5.41) is 10.4. The SMILES string of the molecule is CCC[C@@H](O)[C@@H](N)c1cc2c(cc1Cl)OCO2. The summed E-state index contributed by atoms with van der Waals surface area (Å²) in [6.45, 7) is 2.19. The van der Waals surface area contributed by atoms with Crippen LogP contribution >= 0.6 is 11.6 Å². The lowest BCUT2D eigenvalue weighted by molar-refractivity contribution is 0.134. The van der Waals surface area contributed by atoms with Crippen LogP contribution in [0.5, 0.6) is 11.5 Å². The summed E-state index contributed by atoms with van der Waals surface area (Å²) in [5.74, 6) is 1.25. The van der Waals surface area contributed by atoms with E-state index in [0.29, 0.717) is 28.5 Å². The number of ether oxygens (including phenoxy) is 2. The summed E-state index contributed by atoms with van der Waals surface area (Å²) in [4.78, 5) is 0. The highest BCUT2D eigenvalue weighted by molar-refractivity contribution is 6.31. The fourth-order valence-electron chi connectivity index (χ4n) is 1.87. The van der Waals surface area contributed by atoms with Crippen molar-refractivity contribution in [2.75, 3.05) is 6.79 Å². The average Bonchev–Trinajstić information content (AvgIpc) is 2.74. The molecule has 0 aliphatic carbocycles. The molecule has 17 heavy (non-hydrogen) atoms. The van der Waals surface area contributed by atoms with Gasteiger partial charge in [0.05, 0.1) is 12.1 Å². The first kappa shape index (κ1) is 12.5. The standard InChI is InChI=1S/C12H16ClNO3/c1-2-3-9(15)12(14)7-4-10-11(5-8(7)13)17-6-16-10/h4-5,9,12,15H,2-3,6,14H2,1H3/t9-,12+/m1/s1. The fraction of sp³-hybridized carbons (Fsp3) is 0.500. The van der Waals surface area contributed by atoms with E-state index in [2.05, 4.69) is 0 Å². The number of nitrogens with two attached hydrogens (primary N) is 1. The van der Waals surface area contributed by atoms with E-state index in [1.165, 1.54) is 0 Å². The van der Waals surface area contributed by atoms with Crippen LogP contribution in [-0.4, -0.2) is 18.0 Å². The molecule has 0 unspecified atom stereocenters. The van der Waals surface area contributed by atoms with E-state index < -0.39 is 12.1 Å². The van der Waals surface area contributed by atoms with Crippen LogP contribution in [0.3, 0.4) is 0 Å². The van der Waals surface area contributed by atoms with Crippen molar-refractivity contribution in [1.29, 1.82) is 0 Å². The quantitative estimate of drug-likeness (QED) is 0.868. The van der Waals surface area contributed by atoms with Crippen LogP contribution in [0.4, 0.5) is 0 Å². The number of rotatable bonds is 4. The molecule has 1 heterocycles. The molecule has 4 nitrogen and oxygen atoms in total. The van der Waals surface area contributed by atoms with Crippen LogP contribution in [0.15, 0.2) is 12.1 Å². The van der Waals surface area contributed by atoms with Crippen LogP contribution in [0.25, 0.3) is 0 Å². The molecule has 1 aromatic carbocycles. The first-order valence-electron chi connectivity index (χ1n) is 5.66. The lowest BCUT2D eigenvalue weighted by Crippen LogP contribution is -2.26. The minimum atomic E-state index is -0.599. The number of halogens is 1. The van der Waals surface area contributed by atoms with Crippen molar-refractivity contribution < 1.29 is 14.6 Å². The molecule has 0 radical (unpaired) electrons. The largest absolute Gasteiger partial charge is 0.454 e. The Labute approximate surface area is 105 Å². The number of benzene rings is 1. The molecule has 2 rings (SSSR count). The van der Waals surface area contributed by atoms with Crippen molar-refractivity contribution in [1.82, 2.24) is 0 Å². The molecular weight excluding hydrogens is 242 g/mol. The smallest absolute Gasteiger partial charge is 0.231 e. The topological polar surface area (TPSA) is 64.7 Å². The van der Waals surface area contributed by atoms with Gasteiger partial charge in [0.25, 0.3) is 0 Å². The molecule has 0 saturated carbocycles. The molecule has 0 bridgehead atoms. The van der Waals surface area contributed by atoms with Crippen LogP contribution in [0, 0.1) is 0 Å². The van der Waals surface area contributed by atoms with E-state index in [9.17, 15) is 5.11 Å².